The molecule has 1 fully saturated rings. The second-order valence-corrected chi connectivity index (χ2v) is 7.05. The molecule has 1 saturated heterocycles. The largest absolute Gasteiger partial charge is 0.379 e. The predicted octanol–water partition coefficient (Wildman–Crippen LogP) is -0.269. The standard InChI is InChI=1S/C11H24N2O3S/c1-13(2)6-8-16-7-5-12-11-4-3-9-17(14,15)10-11/h11-12H,3-10H2,1-2H3. The molecule has 1 aliphatic rings. The summed E-state index contributed by atoms with van der Waals surface area (Å²) < 4.78 is 28.2. The smallest absolute Gasteiger partial charge is 0.151 e. The van der Waals surface area contributed by atoms with E-state index in [1.54, 1.807) is 0 Å². The van der Waals surface area contributed by atoms with Gasteiger partial charge in [-0.15, -0.1) is 0 Å². The van der Waals surface area contributed by atoms with Gasteiger partial charge >= 0.3 is 0 Å². The average molecular weight is 264 g/mol. The minimum absolute atomic E-state index is 0.117. The number of sulfone groups is 1. The predicted molar refractivity (Wildman–Crippen MR) is 69.1 cm³/mol. The minimum atomic E-state index is -2.80. The van der Waals surface area contributed by atoms with Crippen LogP contribution in [0.5, 0.6) is 0 Å². The Morgan fingerprint density at radius 2 is 2.12 bits per heavy atom. The summed E-state index contributed by atoms with van der Waals surface area (Å²) >= 11 is 0. The molecule has 1 atom stereocenters. The molecule has 0 amide bonds. The molecular weight excluding hydrogens is 240 g/mol. The molecule has 5 nitrogen and oxygen atoms in total. The highest BCUT2D eigenvalue weighted by molar-refractivity contribution is 7.91. The van der Waals surface area contributed by atoms with Gasteiger partial charge in [0, 0.05) is 19.1 Å². The summed E-state index contributed by atoms with van der Waals surface area (Å²) in [7, 11) is 1.22. The molecule has 1 heterocycles. The first kappa shape index (κ1) is 14.9. The van der Waals surface area contributed by atoms with Crippen LogP contribution in [0.25, 0.3) is 0 Å². The van der Waals surface area contributed by atoms with Gasteiger partial charge in [0.15, 0.2) is 9.84 Å². The molecule has 1 N–H and O–H groups in total. The van der Waals surface area contributed by atoms with Crippen molar-refractivity contribution in [1.29, 1.82) is 0 Å². The van der Waals surface area contributed by atoms with Crippen molar-refractivity contribution < 1.29 is 13.2 Å². The molecule has 1 unspecified atom stereocenters. The third-order valence-electron chi connectivity index (χ3n) is 2.83. The Hall–Kier alpha value is -0.170. The number of hydrogen-bond donors (Lipinski definition) is 1. The quantitative estimate of drug-likeness (QED) is 0.642. The highest BCUT2D eigenvalue weighted by atomic mass is 32.2. The molecule has 0 spiro atoms. The molecule has 1 aliphatic heterocycles. The average Bonchev–Trinajstić information content (AvgIpc) is 2.21. The fourth-order valence-corrected chi connectivity index (χ4v) is 3.54. The molecule has 102 valence electrons. The zero-order chi connectivity index (χ0) is 12.7. The van der Waals surface area contributed by atoms with Gasteiger partial charge in [0.1, 0.15) is 0 Å². The van der Waals surface area contributed by atoms with Gasteiger partial charge in [-0.05, 0) is 26.9 Å². The second-order valence-electron chi connectivity index (χ2n) is 4.82. The summed E-state index contributed by atoms with van der Waals surface area (Å²) in [6.07, 6.45) is 1.73. The molecule has 1 rings (SSSR count). The fourth-order valence-electron chi connectivity index (χ4n) is 1.87. The lowest BCUT2D eigenvalue weighted by Gasteiger charge is -2.23. The van der Waals surface area contributed by atoms with Gasteiger partial charge in [0.2, 0.25) is 0 Å². The number of ether oxygens (including phenoxy) is 1. The SMILES string of the molecule is CN(C)CCOCCNC1CCCS(=O)(=O)C1. The Balaban J connectivity index is 2.03. The molecule has 0 saturated carbocycles. The Morgan fingerprint density at radius 3 is 2.76 bits per heavy atom. The molecule has 0 bridgehead atoms. The van der Waals surface area contributed by atoms with E-state index in [0.29, 0.717) is 12.4 Å². The van der Waals surface area contributed by atoms with E-state index in [9.17, 15) is 8.42 Å². The molecular formula is C11H24N2O3S. The second kappa shape index (κ2) is 7.31. The summed E-state index contributed by atoms with van der Waals surface area (Å²) in [4.78, 5) is 2.07. The minimum Gasteiger partial charge on any atom is -0.379 e. The van der Waals surface area contributed by atoms with E-state index in [2.05, 4.69) is 10.2 Å². The monoisotopic (exact) mass is 264 g/mol. The van der Waals surface area contributed by atoms with Crippen molar-refractivity contribution in [2.75, 3.05) is 51.9 Å². The van der Waals surface area contributed by atoms with E-state index in [1.165, 1.54) is 0 Å². The van der Waals surface area contributed by atoms with Crippen molar-refractivity contribution >= 4 is 9.84 Å². The first-order valence-electron chi connectivity index (χ1n) is 6.16. The lowest BCUT2D eigenvalue weighted by molar-refractivity contribution is 0.117. The third-order valence-corrected chi connectivity index (χ3v) is 4.65. The van der Waals surface area contributed by atoms with E-state index >= 15 is 0 Å². The van der Waals surface area contributed by atoms with Crippen molar-refractivity contribution in [3.05, 3.63) is 0 Å². The van der Waals surface area contributed by atoms with Crippen LogP contribution in [0.15, 0.2) is 0 Å². The highest BCUT2D eigenvalue weighted by Gasteiger charge is 2.23. The first-order chi connectivity index (χ1) is 7.99. The van der Waals surface area contributed by atoms with Crippen LogP contribution in [0.2, 0.25) is 0 Å². The number of nitrogens with zero attached hydrogens (tertiary/aromatic N) is 1. The Kier molecular flexibility index (Phi) is 6.40. The Labute approximate surface area is 104 Å². The van der Waals surface area contributed by atoms with Gasteiger partial charge in [-0.25, -0.2) is 8.42 Å². The van der Waals surface area contributed by atoms with E-state index in [0.717, 1.165) is 32.5 Å². The van der Waals surface area contributed by atoms with Crippen LogP contribution in [0.3, 0.4) is 0 Å². The van der Waals surface area contributed by atoms with Gasteiger partial charge in [-0.1, -0.05) is 0 Å². The lowest BCUT2D eigenvalue weighted by atomic mass is 10.2. The number of rotatable bonds is 7. The molecule has 6 heteroatoms. The number of hydrogen-bond acceptors (Lipinski definition) is 5. The van der Waals surface area contributed by atoms with Crippen LogP contribution in [0.4, 0.5) is 0 Å². The molecule has 17 heavy (non-hydrogen) atoms. The van der Waals surface area contributed by atoms with E-state index in [4.69, 9.17) is 4.74 Å². The van der Waals surface area contributed by atoms with Crippen LogP contribution in [0, 0.1) is 0 Å². The summed E-state index contributed by atoms with van der Waals surface area (Å²) in [5, 5.41) is 3.25. The van der Waals surface area contributed by atoms with E-state index < -0.39 is 9.84 Å². The summed E-state index contributed by atoms with van der Waals surface area (Å²) in [6.45, 7) is 3.01. The van der Waals surface area contributed by atoms with Crippen LogP contribution >= 0.6 is 0 Å². The van der Waals surface area contributed by atoms with Gasteiger partial charge in [0.25, 0.3) is 0 Å². The van der Waals surface area contributed by atoms with Crippen LogP contribution in [-0.4, -0.2) is 71.3 Å². The summed E-state index contributed by atoms with van der Waals surface area (Å²) in [5.74, 6) is 0.634. The molecule has 0 aliphatic carbocycles. The first-order valence-corrected chi connectivity index (χ1v) is 7.98. The number of nitrogens with one attached hydrogen (secondary N) is 1. The Morgan fingerprint density at radius 1 is 1.35 bits per heavy atom. The maximum absolute atomic E-state index is 11.4. The zero-order valence-corrected chi connectivity index (χ0v) is 11.6. The third kappa shape index (κ3) is 6.98. The van der Waals surface area contributed by atoms with E-state index in [-0.39, 0.29) is 11.8 Å². The topological polar surface area (TPSA) is 58.6 Å². The fraction of sp³-hybridized carbons (Fsp3) is 1.00. The van der Waals surface area contributed by atoms with Crippen molar-refractivity contribution in [3.63, 3.8) is 0 Å². The van der Waals surface area contributed by atoms with Crippen molar-refractivity contribution in [1.82, 2.24) is 10.2 Å². The molecule has 0 aromatic heterocycles. The summed E-state index contributed by atoms with van der Waals surface area (Å²) in [6, 6.07) is 0.117. The van der Waals surface area contributed by atoms with Gasteiger partial charge in [-0.3, -0.25) is 0 Å². The Bertz CT molecular complexity index is 304. The van der Waals surface area contributed by atoms with Crippen molar-refractivity contribution in [3.8, 4) is 0 Å². The maximum Gasteiger partial charge on any atom is 0.151 e. The highest BCUT2D eigenvalue weighted by Crippen LogP contribution is 2.11. The van der Waals surface area contributed by atoms with Crippen LogP contribution in [-0.2, 0) is 14.6 Å². The summed E-state index contributed by atoms with van der Waals surface area (Å²) in [5.41, 5.74) is 0. The number of likely N-dealkylation sites (N-methyl/N-ethyl adjacent to an activating group) is 1. The van der Waals surface area contributed by atoms with Gasteiger partial charge < -0.3 is 15.0 Å². The molecule has 0 radical (unpaired) electrons. The molecule has 0 aromatic rings. The normalized spacial score (nSPS) is 24.1. The van der Waals surface area contributed by atoms with Gasteiger partial charge in [0.05, 0.1) is 24.7 Å². The van der Waals surface area contributed by atoms with Crippen LogP contribution < -0.4 is 5.32 Å². The maximum atomic E-state index is 11.4. The van der Waals surface area contributed by atoms with E-state index in [1.807, 2.05) is 14.1 Å². The van der Waals surface area contributed by atoms with Gasteiger partial charge in [-0.2, -0.15) is 0 Å². The molecule has 0 aromatic carbocycles. The van der Waals surface area contributed by atoms with Crippen molar-refractivity contribution in [2.24, 2.45) is 0 Å². The van der Waals surface area contributed by atoms with Crippen LogP contribution in [0.1, 0.15) is 12.8 Å². The lowest BCUT2D eigenvalue weighted by Crippen LogP contribution is -2.41. The zero-order valence-electron chi connectivity index (χ0n) is 10.8. The van der Waals surface area contributed by atoms with Crippen molar-refractivity contribution in [2.45, 2.75) is 18.9 Å².